The first kappa shape index (κ1) is 17.2. The lowest BCUT2D eigenvalue weighted by Gasteiger charge is -2.51. The van der Waals surface area contributed by atoms with Crippen molar-refractivity contribution in [1.29, 1.82) is 0 Å². The summed E-state index contributed by atoms with van der Waals surface area (Å²) in [6.07, 6.45) is 7.39. The van der Waals surface area contributed by atoms with Gasteiger partial charge in [0.2, 0.25) is 5.91 Å². The molecule has 4 rings (SSSR count). The van der Waals surface area contributed by atoms with Crippen LogP contribution in [0.3, 0.4) is 0 Å². The minimum absolute atomic E-state index is 0.287. The molecule has 1 spiro atoms. The van der Waals surface area contributed by atoms with Gasteiger partial charge in [0, 0.05) is 63.6 Å². The molecule has 138 valence electrons. The van der Waals surface area contributed by atoms with Crippen LogP contribution >= 0.6 is 0 Å². The summed E-state index contributed by atoms with van der Waals surface area (Å²) < 4.78 is 0. The highest BCUT2D eigenvalue weighted by molar-refractivity contribution is 5.87. The molecule has 0 aromatic carbocycles. The van der Waals surface area contributed by atoms with Gasteiger partial charge < -0.3 is 9.88 Å². The van der Waals surface area contributed by atoms with Crippen molar-refractivity contribution in [1.82, 2.24) is 24.7 Å². The van der Waals surface area contributed by atoms with E-state index in [1.807, 2.05) is 35.5 Å². The topological polar surface area (TPSA) is 55.5 Å². The van der Waals surface area contributed by atoms with Gasteiger partial charge >= 0.3 is 0 Å². The van der Waals surface area contributed by atoms with Gasteiger partial charge in [0.25, 0.3) is 0 Å². The van der Waals surface area contributed by atoms with E-state index < -0.39 is 0 Å². The minimum atomic E-state index is -0.341. The standard InChI is InChI=1S/C20H27N5O/c1-23-12-13-25(15-17-4-2-8-21-14-17)19(26)20(23)6-10-24(11-7-20)16-18-5-3-9-22-18/h2-5,8-9,14,22H,6-7,10-13,15-16H2,1H3. The second-order valence-corrected chi connectivity index (χ2v) is 7.51. The van der Waals surface area contributed by atoms with Crippen LogP contribution in [0.25, 0.3) is 0 Å². The Labute approximate surface area is 154 Å². The van der Waals surface area contributed by atoms with Crippen molar-refractivity contribution in [3.05, 3.63) is 54.1 Å². The SMILES string of the molecule is CN1CCN(Cc2cccnc2)C(=O)C12CCN(Cc1ccc[nH]1)CC2. The van der Waals surface area contributed by atoms with Gasteiger partial charge in [0.15, 0.2) is 0 Å². The number of nitrogens with one attached hydrogen (secondary N) is 1. The van der Waals surface area contributed by atoms with Crippen molar-refractivity contribution in [3.63, 3.8) is 0 Å². The molecule has 0 radical (unpaired) electrons. The van der Waals surface area contributed by atoms with Crippen LogP contribution in [0.5, 0.6) is 0 Å². The summed E-state index contributed by atoms with van der Waals surface area (Å²) in [6.45, 7) is 5.22. The molecule has 1 amide bonds. The monoisotopic (exact) mass is 353 g/mol. The number of likely N-dealkylation sites (tertiary alicyclic amines) is 1. The third-order valence-corrected chi connectivity index (χ3v) is 5.96. The molecule has 1 N–H and O–H groups in total. The zero-order valence-corrected chi connectivity index (χ0v) is 15.4. The lowest BCUT2D eigenvalue weighted by atomic mass is 9.82. The summed E-state index contributed by atoms with van der Waals surface area (Å²) >= 11 is 0. The average molecular weight is 353 g/mol. The lowest BCUT2D eigenvalue weighted by Crippen LogP contribution is -2.67. The van der Waals surface area contributed by atoms with E-state index in [1.54, 1.807) is 6.20 Å². The van der Waals surface area contributed by atoms with E-state index in [-0.39, 0.29) is 11.4 Å². The van der Waals surface area contributed by atoms with Gasteiger partial charge in [-0.1, -0.05) is 6.07 Å². The molecule has 0 atom stereocenters. The molecule has 2 fully saturated rings. The molecule has 2 aliphatic heterocycles. The Balaban J connectivity index is 1.43. The van der Waals surface area contributed by atoms with Crippen molar-refractivity contribution in [2.24, 2.45) is 0 Å². The molecule has 2 aromatic heterocycles. The molecular formula is C20H27N5O. The van der Waals surface area contributed by atoms with Crippen LogP contribution in [-0.2, 0) is 17.9 Å². The Kier molecular flexibility index (Phi) is 4.78. The Hall–Kier alpha value is -2.18. The number of carbonyl (C=O) groups excluding carboxylic acids is 1. The van der Waals surface area contributed by atoms with Crippen LogP contribution in [0.2, 0.25) is 0 Å². The average Bonchev–Trinajstić information content (AvgIpc) is 3.18. The summed E-state index contributed by atoms with van der Waals surface area (Å²) in [5.74, 6) is 0.287. The lowest BCUT2D eigenvalue weighted by molar-refractivity contribution is -0.155. The zero-order chi connectivity index (χ0) is 18.0. The molecule has 0 unspecified atom stereocenters. The van der Waals surface area contributed by atoms with Crippen molar-refractivity contribution < 1.29 is 4.79 Å². The maximum Gasteiger partial charge on any atom is 0.243 e. The molecule has 0 aliphatic carbocycles. The highest BCUT2D eigenvalue weighted by atomic mass is 16.2. The molecule has 26 heavy (non-hydrogen) atoms. The van der Waals surface area contributed by atoms with Crippen LogP contribution in [0.4, 0.5) is 0 Å². The largest absolute Gasteiger partial charge is 0.364 e. The van der Waals surface area contributed by atoms with Crippen LogP contribution in [0.1, 0.15) is 24.1 Å². The summed E-state index contributed by atoms with van der Waals surface area (Å²) in [5, 5.41) is 0. The first-order valence-electron chi connectivity index (χ1n) is 9.41. The predicted molar refractivity (Wildman–Crippen MR) is 100 cm³/mol. The number of carbonyl (C=O) groups is 1. The van der Waals surface area contributed by atoms with Crippen LogP contribution in [0.15, 0.2) is 42.9 Å². The van der Waals surface area contributed by atoms with Gasteiger partial charge in [-0.25, -0.2) is 0 Å². The molecule has 0 saturated carbocycles. The molecule has 6 nitrogen and oxygen atoms in total. The Morgan fingerprint density at radius 3 is 2.65 bits per heavy atom. The van der Waals surface area contributed by atoms with Gasteiger partial charge in [-0.15, -0.1) is 0 Å². The second-order valence-electron chi connectivity index (χ2n) is 7.51. The number of hydrogen-bond acceptors (Lipinski definition) is 4. The summed E-state index contributed by atoms with van der Waals surface area (Å²) in [5.41, 5.74) is 2.00. The fourth-order valence-corrected chi connectivity index (χ4v) is 4.29. The van der Waals surface area contributed by atoms with Crippen molar-refractivity contribution in [2.45, 2.75) is 31.5 Å². The third-order valence-electron chi connectivity index (χ3n) is 5.96. The highest BCUT2D eigenvalue weighted by Crippen LogP contribution is 2.33. The summed E-state index contributed by atoms with van der Waals surface area (Å²) in [7, 11) is 2.11. The number of H-pyrrole nitrogens is 1. The molecule has 0 bridgehead atoms. The number of hydrogen-bond donors (Lipinski definition) is 1. The number of rotatable bonds is 4. The van der Waals surface area contributed by atoms with Crippen molar-refractivity contribution in [3.8, 4) is 0 Å². The molecule has 6 heteroatoms. The fraction of sp³-hybridized carbons (Fsp3) is 0.500. The quantitative estimate of drug-likeness (QED) is 0.909. The highest BCUT2D eigenvalue weighted by Gasteiger charge is 2.49. The number of likely N-dealkylation sites (N-methyl/N-ethyl adjacent to an activating group) is 1. The van der Waals surface area contributed by atoms with Crippen molar-refractivity contribution in [2.75, 3.05) is 33.2 Å². The van der Waals surface area contributed by atoms with Gasteiger partial charge in [-0.05, 0) is 43.7 Å². The van der Waals surface area contributed by atoms with Crippen LogP contribution in [0, 0.1) is 0 Å². The third kappa shape index (κ3) is 3.27. The van der Waals surface area contributed by atoms with Gasteiger partial charge in [0.1, 0.15) is 5.54 Å². The van der Waals surface area contributed by atoms with Gasteiger partial charge in [-0.3, -0.25) is 19.6 Å². The molecule has 4 heterocycles. The first-order valence-corrected chi connectivity index (χ1v) is 9.41. The maximum absolute atomic E-state index is 13.4. The minimum Gasteiger partial charge on any atom is -0.364 e. The van der Waals surface area contributed by atoms with E-state index >= 15 is 0 Å². The van der Waals surface area contributed by atoms with E-state index in [0.717, 1.165) is 51.1 Å². The number of pyridine rings is 1. The van der Waals surface area contributed by atoms with Gasteiger partial charge in [-0.2, -0.15) is 0 Å². The number of aromatic amines is 1. The maximum atomic E-state index is 13.4. The van der Waals surface area contributed by atoms with E-state index in [9.17, 15) is 4.79 Å². The number of amides is 1. The second kappa shape index (κ2) is 7.21. The number of nitrogens with zero attached hydrogens (tertiary/aromatic N) is 4. The number of piperazine rings is 1. The molecular weight excluding hydrogens is 326 g/mol. The first-order chi connectivity index (χ1) is 12.7. The number of aromatic nitrogens is 2. The van der Waals surface area contributed by atoms with Crippen molar-refractivity contribution >= 4 is 5.91 Å². The Morgan fingerprint density at radius 1 is 1.12 bits per heavy atom. The van der Waals surface area contributed by atoms with E-state index in [0.29, 0.717) is 6.54 Å². The Morgan fingerprint density at radius 2 is 1.96 bits per heavy atom. The smallest absolute Gasteiger partial charge is 0.243 e. The number of piperidine rings is 1. The fourth-order valence-electron chi connectivity index (χ4n) is 4.29. The predicted octanol–water partition coefficient (Wildman–Crippen LogP) is 1.72. The van der Waals surface area contributed by atoms with Gasteiger partial charge in [0.05, 0.1) is 0 Å². The Bertz CT molecular complexity index is 722. The van der Waals surface area contributed by atoms with Crippen LogP contribution < -0.4 is 0 Å². The molecule has 2 aliphatic rings. The zero-order valence-electron chi connectivity index (χ0n) is 15.4. The summed E-state index contributed by atoms with van der Waals surface area (Å²) in [4.78, 5) is 27.6. The molecule has 2 saturated heterocycles. The normalized spacial score (nSPS) is 21.4. The van der Waals surface area contributed by atoms with E-state index in [1.165, 1.54) is 5.69 Å². The summed E-state index contributed by atoms with van der Waals surface area (Å²) in [6, 6.07) is 8.14. The van der Waals surface area contributed by atoms with Crippen LogP contribution in [-0.4, -0.2) is 69.3 Å². The van der Waals surface area contributed by atoms with E-state index in [4.69, 9.17) is 0 Å². The van der Waals surface area contributed by atoms with E-state index in [2.05, 4.69) is 32.9 Å². The molecule has 2 aromatic rings.